The fraction of sp³-hybridized carbons (Fsp3) is 0.118. The Morgan fingerprint density at radius 1 is 0.676 bits per heavy atom. The van der Waals surface area contributed by atoms with Gasteiger partial charge in [0, 0.05) is 39.1 Å². The van der Waals surface area contributed by atoms with Crippen molar-refractivity contribution in [2.45, 2.75) is 24.9 Å². The van der Waals surface area contributed by atoms with Crippen molar-refractivity contribution in [2.75, 3.05) is 0 Å². The van der Waals surface area contributed by atoms with Crippen LogP contribution >= 0.6 is 0 Å². The molecule has 1 heterocycles. The van der Waals surface area contributed by atoms with Gasteiger partial charge in [0.1, 0.15) is 17.4 Å². The monoisotopic (exact) mass is 486 g/mol. The first-order chi connectivity index (χ1) is 17.9. The quantitative estimate of drug-likeness (QED) is 0.242. The highest BCUT2D eigenvalue weighted by Crippen LogP contribution is 2.58. The lowest BCUT2D eigenvalue weighted by Crippen LogP contribution is -2.35. The number of fused-ring (bicyclic) bond motifs is 8. The van der Waals surface area contributed by atoms with Gasteiger partial charge in [-0.3, -0.25) is 0 Å². The molecule has 0 amide bonds. The Bertz CT molecular complexity index is 1690. The van der Waals surface area contributed by atoms with E-state index in [0.717, 1.165) is 50.4 Å². The second kappa shape index (κ2) is 7.63. The molecule has 0 radical (unpaired) electrons. The largest absolute Gasteiger partial charge is 0.472 e. The molecule has 5 aromatic carbocycles. The topological polar surface area (TPSA) is 9.23 Å². The summed E-state index contributed by atoms with van der Waals surface area (Å²) in [5.41, 5.74) is 4.43. The van der Waals surface area contributed by atoms with Crippen LogP contribution in [0.1, 0.15) is 41.7 Å². The molecule has 1 nitrogen and oxygen atoms in total. The minimum atomic E-state index is -0.834. The molecule has 180 valence electrons. The normalized spacial score (nSPS) is 16.1. The fourth-order valence-electron chi connectivity index (χ4n) is 6.40. The van der Waals surface area contributed by atoms with Crippen LogP contribution in [0, 0.1) is 11.6 Å². The van der Waals surface area contributed by atoms with Gasteiger partial charge in [0.25, 0.3) is 0 Å². The Labute approximate surface area is 214 Å². The minimum Gasteiger partial charge on any atom is -0.472 e. The lowest BCUT2D eigenvalue weighted by atomic mass is 9.76. The van der Waals surface area contributed by atoms with E-state index >= 15 is 4.39 Å². The van der Waals surface area contributed by atoms with E-state index in [1.165, 1.54) is 6.07 Å². The van der Waals surface area contributed by atoms with E-state index in [4.69, 9.17) is 4.74 Å². The first kappa shape index (κ1) is 22.0. The highest BCUT2D eigenvalue weighted by atomic mass is 19.1. The third-order valence-corrected chi connectivity index (χ3v) is 7.93. The van der Waals surface area contributed by atoms with Gasteiger partial charge in [-0.2, -0.15) is 0 Å². The van der Waals surface area contributed by atoms with E-state index in [0.29, 0.717) is 11.1 Å². The standard InChI is InChI=1S/C34H24F2O/c1-33(2)30-27(19-23(35)20-28(30)36)29-24-15-9-10-16-25(24)32-26(31(29)33)17-18-34(37-32,21-11-5-3-6-12-21)22-13-7-4-8-14-22/h3-20H,1-2H3. The van der Waals surface area contributed by atoms with E-state index in [-0.39, 0.29) is 0 Å². The van der Waals surface area contributed by atoms with E-state index in [9.17, 15) is 4.39 Å². The van der Waals surface area contributed by atoms with Crippen LogP contribution in [0.25, 0.3) is 28.0 Å². The summed E-state index contributed by atoms with van der Waals surface area (Å²) in [4.78, 5) is 0. The zero-order valence-electron chi connectivity index (χ0n) is 20.6. The highest BCUT2D eigenvalue weighted by molar-refractivity contribution is 6.08. The van der Waals surface area contributed by atoms with Gasteiger partial charge < -0.3 is 4.74 Å². The molecular weight excluding hydrogens is 462 g/mol. The molecule has 0 N–H and O–H groups in total. The third kappa shape index (κ3) is 2.94. The summed E-state index contributed by atoms with van der Waals surface area (Å²) in [6, 6.07) is 30.9. The molecule has 1 aliphatic carbocycles. The van der Waals surface area contributed by atoms with Crippen molar-refractivity contribution in [3.8, 4) is 16.9 Å². The van der Waals surface area contributed by atoms with Crippen LogP contribution in [0.15, 0.2) is 103 Å². The van der Waals surface area contributed by atoms with Crippen LogP contribution in [-0.4, -0.2) is 0 Å². The van der Waals surface area contributed by atoms with Gasteiger partial charge in [-0.15, -0.1) is 0 Å². The summed E-state index contributed by atoms with van der Waals surface area (Å²) in [6.07, 6.45) is 4.22. The van der Waals surface area contributed by atoms with Crippen LogP contribution in [-0.2, 0) is 11.0 Å². The van der Waals surface area contributed by atoms with E-state index in [1.54, 1.807) is 0 Å². The van der Waals surface area contributed by atoms with Crippen molar-refractivity contribution in [1.29, 1.82) is 0 Å². The molecule has 0 aromatic heterocycles. The maximum Gasteiger partial charge on any atom is 0.178 e. The van der Waals surface area contributed by atoms with E-state index < -0.39 is 22.7 Å². The third-order valence-electron chi connectivity index (χ3n) is 7.93. The fourth-order valence-corrected chi connectivity index (χ4v) is 6.40. The number of rotatable bonds is 2. The lowest BCUT2D eigenvalue weighted by Gasteiger charge is -2.38. The number of hydrogen-bond acceptors (Lipinski definition) is 1. The smallest absolute Gasteiger partial charge is 0.178 e. The van der Waals surface area contributed by atoms with E-state index in [2.05, 4.69) is 36.4 Å². The van der Waals surface area contributed by atoms with Crippen LogP contribution < -0.4 is 4.74 Å². The first-order valence-corrected chi connectivity index (χ1v) is 12.5. The molecule has 0 saturated heterocycles. The van der Waals surface area contributed by atoms with Gasteiger partial charge in [0.15, 0.2) is 5.60 Å². The summed E-state index contributed by atoms with van der Waals surface area (Å²) in [5, 5.41) is 1.85. The predicted octanol–water partition coefficient (Wildman–Crippen LogP) is 8.77. The summed E-state index contributed by atoms with van der Waals surface area (Å²) < 4.78 is 36.9. The molecule has 0 bridgehead atoms. The summed E-state index contributed by atoms with van der Waals surface area (Å²) in [7, 11) is 0. The molecule has 5 aromatic rings. The average molecular weight is 487 g/mol. The maximum atomic E-state index is 15.3. The zero-order valence-corrected chi connectivity index (χ0v) is 20.6. The van der Waals surface area contributed by atoms with Crippen molar-refractivity contribution in [3.63, 3.8) is 0 Å². The number of ether oxygens (including phenoxy) is 1. The van der Waals surface area contributed by atoms with Crippen LogP contribution in [0.4, 0.5) is 8.78 Å². The summed E-state index contributed by atoms with van der Waals surface area (Å²) in [5.74, 6) is -0.329. The number of halogens is 2. The van der Waals surface area contributed by atoms with Gasteiger partial charge in [-0.05, 0) is 34.2 Å². The first-order valence-electron chi connectivity index (χ1n) is 12.5. The van der Waals surface area contributed by atoms with Gasteiger partial charge in [-0.1, -0.05) is 105 Å². The van der Waals surface area contributed by atoms with Gasteiger partial charge >= 0.3 is 0 Å². The van der Waals surface area contributed by atoms with Crippen LogP contribution in [0.2, 0.25) is 0 Å². The molecular formula is C34H24F2O. The highest BCUT2D eigenvalue weighted by Gasteiger charge is 2.45. The van der Waals surface area contributed by atoms with Crippen LogP contribution in [0.3, 0.4) is 0 Å². The molecule has 7 rings (SSSR count). The average Bonchev–Trinajstić information content (AvgIpc) is 3.16. The SMILES string of the molecule is CC1(C)c2c(F)cc(F)cc2-c2c1c1c(c3ccccc23)OC(c2ccccc2)(c2ccccc2)C=C1. The van der Waals surface area contributed by atoms with Crippen molar-refractivity contribution in [1.82, 2.24) is 0 Å². The van der Waals surface area contributed by atoms with Crippen molar-refractivity contribution in [3.05, 3.63) is 143 Å². The second-order valence-corrected chi connectivity index (χ2v) is 10.4. The minimum absolute atomic E-state index is 0.516. The second-order valence-electron chi connectivity index (χ2n) is 10.4. The van der Waals surface area contributed by atoms with E-state index in [1.807, 2.05) is 74.5 Å². The molecule has 0 unspecified atom stereocenters. The molecule has 0 fully saturated rings. The van der Waals surface area contributed by atoms with Gasteiger partial charge in [0.2, 0.25) is 0 Å². The maximum absolute atomic E-state index is 15.3. The van der Waals surface area contributed by atoms with Crippen molar-refractivity contribution >= 4 is 16.8 Å². The lowest BCUT2D eigenvalue weighted by molar-refractivity contribution is 0.163. The molecule has 1 aliphatic heterocycles. The Morgan fingerprint density at radius 2 is 1.27 bits per heavy atom. The van der Waals surface area contributed by atoms with Gasteiger partial charge in [0.05, 0.1) is 0 Å². The number of benzene rings is 5. The molecule has 37 heavy (non-hydrogen) atoms. The molecule has 3 heteroatoms. The number of hydrogen-bond donors (Lipinski definition) is 0. The summed E-state index contributed by atoms with van der Waals surface area (Å²) in [6.45, 7) is 4.02. The summed E-state index contributed by atoms with van der Waals surface area (Å²) >= 11 is 0. The zero-order chi connectivity index (χ0) is 25.4. The van der Waals surface area contributed by atoms with Crippen molar-refractivity contribution < 1.29 is 13.5 Å². The van der Waals surface area contributed by atoms with Gasteiger partial charge in [-0.25, -0.2) is 8.78 Å². The predicted molar refractivity (Wildman–Crippen MR) is 145 cm³/mol. The molecule has 0 atom stereocenters. The van der Waals surface area contributed by atoms with Crippen molar-refractivity contribution in [2.24, 2.45) is 0 Å². The molecule has 2 aliphatic rings. The Hall–Kier alpha value is -4.24. The Kier molecular flexibility index (Phi) is 4.54. The molecule has 0 spiro atoms. The Balaban J connectivity index is 1.58. The van der Waals surface area contributed by atoms with Crippen LogP contribution in [0.5, 0.6) is 5.75 Å². The Morgan fingerprint density at radius 3 is 1.92 bits per heavy atom. The molecule has 0 saturated carbocycles.